The number of H-pyrrole nitrogens is 1. The molecule has 4 aromatic rings. The van der Waals surface area contributed by atoms with Crippen LogP contribution in [0, 0.1) is 5.82 Å². The van der Waals surface area contributed by atoms with E-state index in [4.69, 9.17) is 9.47 Å². The first-order valence-electron chi connectivity index (χ1n) is 13.8. The summed E-state index contributed by atoms with van der Waals surface area (Å²) >= 11 is 0. The molecule has 1 fully saturated rings. The van der Waals surface area contributed by atoms with Gasteiger partial charge in [0.05, 0.1) is 11.9 Å². The van der Waals surface area contributed by atoms with Crippen LogP contribution in [0.4, 0.5) is 10.1 Å². The number of anilines is 1. The van der Waals surface area contributed by atoms with Crippen molar-refractivity contribution < 1.29 is 22.3 Å². The number of benzene rings is 2. The molecule has 5 rings (SSSR count). The van der Waals surface area contributed by atoms with Crippen LogP contribution in [-0.4, -0.2) is 49.5 Å². The molecule has 9 nitrogen and oxygen atoms in total. The van der Waals surface area contributed by atoms with Crippen molar-refractivity contribution in [2.45, 2.75) is 38.7 Å². The minimum atomic E-state index is -3.55. The normalized spacial score (nSPS) is 14.4. The van der Waals surface area contributed by atoms with Crippen LogP contribution in [0.5, 0.6) is 11.5 Å². The first-order valence-corrected chi connectivity index (χ1v) is 15.5. The van der Waals surface area contributed by atoms with Crippen LogP contribution in [-0.2, 0) is 28.2 Å². The van der Waals surface area contributed by atoms with Crippen molar-refractivity contribution in [1.82, 2.24) is 14.9 Å². The molecular weight excluding hydrogens is 547 g/mol. The Balaban J connectivity index is 1.44. The van der Waals surface area contributed by atoms with Gasteiger partial charge in [0, 0.05) is 48.2 Å². The highest BCUT2D eigenvalue weighted by atomic mass is 32.2. The lowest BCUT2D eigenvalue weighted by atomic mass is 10.0. The third kappa shape index (κ3) is 6.64. The number of nitrogens with zero attached hydrogens (tertiary/aromatic N) is 1. The molecule has 0 unspecified atom stereocenters. The highest BCUT2D eigenvalue weighted by Gasteiger charge is 2.19. The van der Waals surface area contributed by atoms with Crippen LogP contribution >= 0.6 is 0 Å². The lowest BCUT2D eigenvalue weighted by Gasteiger charge is -2.22. The molecule has 1 saturated heterocycles. The Bertz CT molecular complexity index is 1690. The van der Waals surface area contributed by atoms with Crippen molar-refractivity contribution in [2.75, 3.05) is 30.2 Å². The molecule has 0 bridgehead atoms. The van der Waals surface area contributed by atoms with E-state index in [0.29, 0.717) is 58.5 Å². The molecule has 0 amide bonds. The molecule has 218 valence electrons. The monoisotopic (exact) mass is 582 g/mol. The third-order valence-corrected chi connectivity index (χ3v) is 8.62. The summed E-state index contributed by atoms with van der Waals surface area (Å²) in [5.74, 6) is -0.178. The summed E-state index contributed by atoms with van der Waals surface area (Å²) in [5.41, 5.74) is 2.18. The molecular formula is C30H35FN4O5S. The number of aromatic nitrogens is 2. The standard InChI is InChI=1S/C30H35FN4O5S/c1-3-41(37,38)34-21-9-10-26(24(18-21)25-19-35(2)30(36)29-23(25)13-16-33-29)40-27-8-4-6-20(28(27)31)7-5-17-39-22-11-14-32-15-12-22/h4,6,8-10,13,16,18-19,22,32-34H,3,5,7,11-12,14-15,17H2,1-2H3. The summed E-state index contributed by atoms with van der Waals surface area (Å²) in [6.45, 7) is 4.03. The molecule has 0 aliphatic carbocycles. The van der Waals surface area contributed by atoms with Crippen molar-refractivity contribution in [3.05, 3.63) is 76.6 Å². The Morgan fingerprint density at radius 1 is 1.10 bits per heavy atom. The lowest BCUT2D eigenvalue weighted by Crippen LogP contribution is -2.32. The van der Waals surface area contributed by atoms with E-state index in [1.165, 1.54) is 4.57 Å². The van der Waals surface area contributed by atoms with Crippen molar-refractivity contribution in [1.29, 1.82) is 0 Å². The predicted molar refractivity (Wildman–Crippen MR) is 159 cm³/mol. The molecule has 0 atom stereocenters. The molecule has 2 aromatic heterocycles. The Labute approximate surface area is 238 Å². The van der Waals surface area contributed by atoms with Crippen molar-refractivity contribution in [3.63, 3.8) is 0 Å². The number of aromatic amines is 1. The highest BCUT2D eigenvalue weighted by molar-refractivity contribution is 7.92. The lowest BCUT2D eigenvalue weighted by molar-refractivity contribution is 0.0317. The van der Waals surface area contributed by atoms with Crippen LogP contribution < -0.4 is 20.3 Å². The van der Waals surface area contributed by atoms with Crippen LogP contribution in [0.25, 0.3) is 22.0 Å². The fourth-order valence-electron chi connectivity index (χ4n) is 5.05. The number of sulfonamides is 1. The number of aryl methyl sites for hydroxylation is 2. The maximum absolute atomic E-state index is 15.6. The van der Waals surface area contributed by atoms with E-state index >= 15 is 4.39 Å². The fraction of sp³-hybridized carbons (Fsp3) is 0.367. The summed E-state index contributed by atoms with van der Waals surface area (Å²) < 4.78 is 56.3. The maximum atomic E-state index is 15.6. The number of pyridine rings is 1. The van der Waals surface area contributed by atoms with Gasteiger partial charge in [0.25, 0.3) is 5.56 Å². The van der Waals surface area contributed by atoms with Crippen molar-refractivity contribution in [3.8, 4) is 22.6 Å². The molecule has 0 saturated carbocycles. The first-order chi connectivity index (χ1) is 19.8. The van der Waals surface area contributed by atoms with E-state index < -0.39 is 15.8 Å². The van der Waals surface area contributed by atoms with Gasteiger partial charge in [-0.05, 0) is 81.6 Å². The molecule has 1 aliphatic rings. The smallest absolute Gasteiger partial charge is 0.274 e. The Morgan fingerprint density at radius 3 is 2.68 bits per heavy atom. The predicted octanol–water partition coefficient (Wildman–Crippen LogP) is 4.93. The molecule has 3 heterocycles. The van der Waals surface area contributed by atoms with Crippen molar-refractivity contribution in [2.24, 2.45) is 7.05 Å². The molecule has 41 heavy (non-hydrogen) atoms. The van der Waals surface area contributed by atoms with E-state index in [9.17, 15) is 13.2 Å². The minimum absolute atomic E-state index is 0.0556. The van der Waals surface area contributed by atoms with Gasteiger partial charge in [-0.3, -0.25) is 9.52 Å². The average molecular weight is 583 g/mol. The van der Waals surface area contributed by atoms with Crippen LogP contribution in [0.3, 0.4) is 0 Å². The number of rotatable bonds is 11. The van der Waals surface area contributed by atoms with Gasteiger partial charge in [-0.2, -0.15) is 0 Å². The summed E-state index contributed by atoms with van der Waals surface area (Å²) in [6, 6.07) is 11.6. The molecule has 0 spiro atoms. The zero-order chi connectivity index (χ0) is 29.0. The minimum Gasteiger partial charge on any atom is -0.454 e. The Hall–Kier alpha value is -3.67. The van der Waals surface area contributed by atoms with Gasteiger partial charge in [0.2, 0.25) is 10.0 Å². The van der Waals surface area contributed by atoms with Gasteiger partial charge < -0.3 is 24.3 Å². The topological polar surface area (TPSA) is 114 Å². The number of hydrogen-bond acceptors (Lipinski definition) is 6. The molecule has 2 aromatic carbocycles. The highest BCUT2D eigenvalue weighted by Crippen LogP contribution is 2.39. The number of piperidine rings is 1. The summed E-state index contributed by atoms with van der Waals surface area (Å²) in [6.07, 6.45) is 6.75. The maximum Gasteiger partial charge on any atom is 0.274 e. The van der Waals surface area contributed by atoms with Gasteiger partial charge in [0.1, 0.15) is 11.3 Å². The fourth-order valence-corrected chi connectivity index (χ4v) is 5.68. The van der Waals surface area contributed by atoms with E-state index in [-0.39, 0.29) is 23.2 Å². The molecule has 11 heteroatoms. The van der Waals surface area contributed by atoms with Crippen LogP contribution in [0.15, 0.2) is 59.7 Å². The van der Waals surface area contributed by atoms with Gasteiger partial charge in [0.15, 0.2) is 11.6 Å². The summed E-state index contributed by atoms with van der Waals surface area (Å²) in [4.78, 5) is 15.6. The van der Waals surface area contributed by atoms with Crippen LogP contribution in [0.2, 0.25) is 0 Å². The number of nitrogens with one attached hydrogen (secondary N) is 3. The summed E-state index contributed by atoms with van der Waals surface area (Å²) in [7, 11) is -1.91. The van der Waals surface area contributed by atoms with E-state index in [0.717, 1.165) is 25.9 Å². The van der Waals surface area contributed by atoms with Crippen LogP contribution in [0.1, 0.15) is 31.7 Å². The number of hydrogen-bond donors (Lipinski definition) is 3. The number of halogens is 1. The Kier molecular flexibility index (Phi) is 8.77. The van der Waals surface area contributed by atoms with Gasteiger partial charge in [-0.15, -0.1) is 0 Å². The number of ether oxygens (including phenoxy) is 2. The van der Waals surface area contributed by atoms with E-state index in [1.807, 2.05) is 0 Å². The quantitative estimate of drug-likeness (QED) is 0.216. The SMILES string of the molecule is CCS(=O)(=O)Nc1ccc(Oc2cccc(CCCOC3CCNCC3)c2F)c(-c2cn(C)c(=O)c3[nH]ccc23)c1. The van der Waals surface area contributed by atoms with Crippen molar-refractivity contribution >= 4 is 26.6 Å². The average Bonchev–Trinajstić information content (AvgIpc) is 3.46. The van der Waals surface area contributed by atoms with Gasteiger partial charge in [-0.25, -0.2) is 12.8 Å². The molecule has 0 radical (unpaired) electrons. The van der Waals surface area contributed by atoms with Gasteiger partial charge in [-0.1, -0.05) is 12.1 Å². The van der Waals surface area contributed by atoms with E-state index in [1.54, 1.807) is 68.8 Å². The second kappa shape index (κ2) is 12.5. The second-order valence-corrected chi connectivity index (χ2v) is 12.2. The second-order valence-electron chi connectivity index (χ2n) is 10.2. The third-order valence-electron chi connectivity index (χ3n) is 7.31. The molecule has 1 aliphatic heterocycles. The summed E-state index contributed by atoms with van der Waals surface area (Å²) in [5, 5.41) is 3.95. The Morgan fingerprint density at radius 2 is 1.90 bits per heavy atom. The molecule has 3 N–H and O–H groups in total. The zero-order valence-corrected chi connectivity index (χ0v) is 24.0. The zero-order valence-electron chi connectivity index (χ0n) is 23.2. The first kappa shape index (κ1) is 28.8. The largest absolute Gasteiger partial charge is 0.454 e. The number of fused-ring (bicyclic) bond motifs is 1. The van der Waals surface area contributed by atoms with Gasteiger partial charge >= 0.3 is 0 Å². The van der Waals surface area contributed by atoms with E-state index in [2.05, 4.69) is 15.0 Å².